The number of primary amides is 1. The Kier molecular flexibility index (Phi) is 5.94. The Hall–Kier alpha value is -4.46. The predicted molar refractivity (Wildman–Crippen MR) is 119 cm³/mol. The van der Waals surface area contributed by atoms with Gasteiger partial charge in [-0.2, -0.15) is 5.10 Å². The van der Waals surface area contributed by atoms with Crippen molar-refractivity contribution in [2.45, 2.75) is 13.0 Å². The zero-order chi connectivity index (χ0) is 22.5. The van der Waals surface area contributed by atoms with Gasteiger partial charge < -0.3 is 15.8 Å². The summed E-state index contributed by atoms with van der Waals surface area (Å²) in [6.45, 7) is 1.93. The quantitative estimate of drug-likeness (QED) is 0.468. The molecule has 3 aromatic carbocycles. The van der Waals surface area contributed by atoms with Gasteiger partial charge in [-0.25, -0.2) is 9.67 Å². The Morgan fingerprint density at radius 3 is 2.03 bits per heavy atom. The molecule has 32 heavy (non-hydrogen) atoms. The van der Waals surface area contributed by atoms with Crippen LogP contribution in [0.3, 0.4) is 0 Å². The lowest BCUT2D eigenvalue weighted by atomic mass is 10.1. The molecule has 0 radical (unpaired) electrons. The molecule has 8 heteroatoms. The van der Waals surface area contributed by atoms with E-state index in [0.717, 1.165) is 11.3 Å². The predicted octanol–water partition coefficient (Wildman–Crippen LogP) is 3.65. The van der Waals surface area contributed by atoms with E-state index >= 15 is 0 Å². The average Bonchev–Trinajstić information content (AvgIpc) is 3.35. The van der Waals surface area contributed by atoms with Crippen LogP contribution in [0.2, 0.25) is 0 Å². The van der Waals surface area contributed by atoms with E-state index in [2.05, 4.69) is 15.4 Å². The van der Waals surface area contributed by atoms with E-state index in [1.54, 1.807) is 59.5 Å². The standard InChI is InChI=1S/C24H21N5O3/c1-16(17-2-8-20(9-3-17)29-15-26-14-27-29)28-24(31)19-6-12-22(13-7-19)32-21-10-4-18(5-11-21)23(25)30/h2-16H,1H3,(H2,25,30)(H,28,31). The van der Waals surface area contributed by atoms with E-state index in [0.29, 0.717) is 22.6 Å². The topological polar surface area (TPSA) is 112 Å². The van der Waals surface area contributed by atoms with Crippen LogP contribution in [-0.4, -0.2) is 26.6 Å². The molecule has 0 saturated heterocycles. The SMILES string of the molecule is CC(NC(=O)c1ccc(Oc2ccc(C(N)=O)cc2)cc1)c1ccc(-n2cncn2)cc1. The van der Waals surface area contributed by atoms with Crippen molar-refractivity contribution in [3.8, 4) is 17.2 Å². The average molecular weight is 427 g/mol. The van der Waals surface area contributed by atoms with Crippen LogP contribution >= 0.6 is 0 Å². The normalized spacial score (nSPS) is 11.5. The lowest BCUT2D eigenvalue weighted by Crippen LogP contribution is -2.26. The Morgan fingerprint density at radius 2 is 1.50 bits per heavy atom. The zero-order valence-electron chi connectivity index (χ0n) is 17.3. The van der Waals surface area contributed by atoms with Crippen LogP contribution in [0.4, 0.5) is 0 Å². The van der Waals surface area contributed by atoms with Crippen molar-refractivity contribution < 1.29 is 14.3 Å². The highest BCUT2D eigenvalue weighted by Gasteiger charge is 2.12. The van der Waals surface area contributed by atoms with Gasteiger partial charge in [0.15, 0.2) is 0 Å². The zero-order valence-corrected chi connectivity index (χ0v) is 17.3. The third-order valence-corrected chi connectivity index (χ3v) is 4.92. The van der Waals surface area contributed by atoms with Crippen LogP contribution < -0.4 is 15.8 Å². The van der Waals surface area contributed by atoms with Gasteiger partial charge in [0.1, 0.15) is 24.2 Å². The molecular formula is C24H21N5O3. The molecule has 1 atom stereocenters. The first kappa shape index (κ1) is 20.8. The minimum atomic E-state index is -0.493. The highest BCUT2D eigenvalue weighted by Crippen LogP contribution is 2.22. The van der Waals surface area contributed by atoms with Crippen LogP contribution in [0.25, 0.3) is 5.69 Å². The molecule has 0 aliphatic carbocycles. The third-order valence-electron chi connectivity index (χ3n) is 4.92. The summed E-state index contributed by atoms with van der Waals surface area (Å²) >= 11 is 0. The van der Waals surface area contributed by atoms with Crippen molar-refractivity contribution in [2.75, 3.05) is 0 Å². The maximum absolute atomic E-state index is 12.6. The van der Waals surface area contributed by atoms with E-state index < -0.39 is 5.91 Å². The number of nitrogens with two attached hydrogens (primary N) is 1. The Morgan fingerprint density at radius 1 is 0.906 bits per heavy atom. The van der Waals surface area contributed by atoms with Crippen molar-refractivity contribution in [1.29, 1.82) is 0 Å². The molecule has 0 aliphatic heterocycles. The second-order valence-electron chi connectivity index (χ2n) is 7.14. The number of amides is 2. The summed E-state index contributed by atoms with van der Waals surface area (Å²) in [7, 11) is 0. The van der Waals surface area contributed by atoms with Crippen LogP contribution in [0.1, 0.15) is 39.2 Å². The van der Waals surface area contributed by atoms with Crippen molar-refractivity contribution in [3.05, 3.63) is 102 Å². The molecule has 0 aliphatic rings. The molecule has 2 amide bonds. The van der Waals surface area contributed by atoms with E-state index in [1.165, 1.54) is 6.33 Å². The summed E-state index contributed by atoms with van der Waals surface area (Å²) in [5.74, 6) is 0.461. The highest BCUT2D eigenvalue weighted by molar-refractivity contribution is 5.94. The fraction of sp³-hybridized carbons (Fsp3) is 0.0833. The van der Waals surface area contributed by atoms with Crippen molar-refractivity contribution in [1.82, 2.24) is 20.1 Å². The number of hydrogen-bond donors (Lipinski definition) is 2. The first-order valence-electron chi connectivity index (χ1n) is 9.93. The first-order chi connectivity index (χ1) is 15.5. The Bertz CT molecular complexity index is 1200. The first-order valence-corrected chi connectivity index (χ1v) is 9.93. The van der Waals surface area contributed by atoms with Gasteiger partial charge in [-0.15, -0.1) is 0 Å². The lowest BCUT2D eigenvalue weighted by molar-refractivity contribution is 0.0938. The van der Waals surface area contributed by atoms with Crippen LogP contribution in [0, 0.1) is 0 Å². The molecule has 8 nitrogen and oxygen atoms in total. The van der Waals surface area contributed by atoms with Crippen LogP contribution in [-0.2, 0) is 0 Å². The van der Waals surface area contributed by atoms with Crippen molar-refractivity contribution in [3.63, 3.8) is 0 Å². The summed E-state index contributed by atoms with van der Waals surface area (Å²) in [5.41, 5.74) is 8.03. The van der Waals surface area contributed by atoms with E-state index in [1.807, 2.05) is 31.2 Å². The molecule has 3 N–H and O–H groups in total. The molecule has 1 heterocycles. The fourth-order valence-corrected chi connectivity index (χ4v) is 3.12. The van der Waals surface area contributed by atoms with Gasteiger partial charge >= 0.3 is 0 Å². The molecule has 160 valence electrons. The monoisotopic (exact) mass is 427 g/mol. The van der Waals surface area contributed by atoms with E-state index in [-0.39, 0.29) is 11.9 Å². The number of aromatic nitrogens is 3. The molecule has 0 spiro atoms. The van der Waals surface area contributed by atoms with Gasteiger partial charge in [0.05, 0.1) is 11.7 Å². The number of carbonyl (C=O) groups is 2. The van der Waals surface area contributed by atoms with Gasteiger partial charge in [-0.3, -0.25) is 9.59 Å². The third kappa shape index (κ3) is 4.81. The second kappa shape index (κ2) is 9.13. The molecular weight excluding hydrogens is 406 g/mol. The molecule has 0 bridgehead atoms. The van der Waals surface area contributed by atoms with Gasteiger partial charge in [0.2, 0.25) is 5.91 Å². The van der Waals surface area contributed by atoms with Gasteiger partial charge in [0.25, 0.3) is 5.91 Å². The van der Waals surface area contributed by atoms with E-state index in [4.69, 9.17) is 10.5 Å². The molecule has 1 aromatic heterocycles. The Labute approximate surface area is 184 Å². The molecule has 0 fully saturated rings. The minimum absolute atomic E-state index is 0.174. The van der Waals surface area contributed by atoms with Crippen LogP contribution in [0.5, 0.6) is 11.5 Å². The number of rotatable bonds is 7. The van der Waals surface area contributed by atoms with E-state index in [9.17, 15) is 9.59 Å². The summed E-state index contributed by atoms with van der Waals surface area (Å²) in [4.78, 5) is 27.7. The van der Waals surface area contributed by atoms with Gasteiger partial charge in [-0.05, 0) is 73.2 Å². The minimum Gasteiger partial charge on any atom is -0.457 e. The summed E-state index contributed by atoms with van der Waals surface area (Å²) in [6.07, 6.45) is 3.11. The number of carbonyl (C=O) groups excluding carboxylic acids is 2. The number of ether oxygens (including phenoxy) is 1. The van der Waals surface area contributed by atoms with Gasteiger partial charge in [0, 0.05) is 11.1 Å². The smallest absolute Gasteiger partial charge is 0.251 e. The number of hydrogen-bond acceptors (Lipinski definition) is 5. The van der Waals surface area contributed by atoms with Crippen molar-refractivity contribution in [2.24, 2.45) is 5.73 Å². The Balaban J connectivity index is 1.36. The highest BCUT2D eigenvalue weighted by atomic mass is 16.5. The molecule has 0 saturated carbocycles. The number of benzene rings is 3. The summed E-state index contributed by atoms with van der Waals surface area (Å²) < 4.78 is 7.41. The molecule has 4 aromatic rings. The lowest BCUT2D eigenvalue weighted by Gasteiger charge is -2.15. The molecule has 4 rings (SSSR count). The summed E-state index contributed by atoms with van der Waals surface area (Å²) in [6, 6.07) is 20.9. The second-order valence-corrected chi connectivity index (χ2v) is 7.14. The largest absolute Gasteiger partial charge is 0.457 e. The van der Waals surface area contributed by atoms with Crippen molar-refractivity contribution >= 4 is 11.8 Å². The maximum atomic E-state index is 12.6. The number of nitrogens with one attached hydrogen (secondary N) is 1. The molecule has 1 unspecified atom stereocenters. The maximum Gasteiger partial charge on any atom is 0.251 e. The fourth-order valence-electron chi connectivity index (χ4n) is 3.12. The summed E-state index contributed by atoms with van der Waals surface area (Å²) in [5, 5.41) is 7.09. The van der Waals surface area contributed by atoms with Gasteiger partial charge in [-0.1, -0.05) is 12.1 Å². The van der Waals surface area contributed by atoms with Crippen LogP contribution in [0.15, 0.2) is 85.5 Å². The number of nitrogens with zero attached hydrogens (tertiary/aromatic N) is 3.